The number of rotatable bonds is 8. The van der Waals surface area contributed by atoms with E-state index in [1.54, 1.807) is 36.4 Å². The van der Waals surface area contributed by atoms with Gasteiger partial charge in [0.15, 0.2) is 23.1 Å². The molecule has 2 atom stereocenters. The third kappa shape index (κ3) is 7.55. The van der Waals surface area contributed by atoms with Gasteiger partial charge in [-0.2, -0.15) is 0 Å². The lowest BCUT2D eigenvalue weighted by Gasteiger charge is -2.32. The fraction of sp³-hybridized carbons (Fsp3) is 0.0606. The fourth-order valence-electron chi connectivity index (χ4n) is 11.2. The second-order valence-electron chi connectivity index (χ2n) is 19.5. The van der Waals surface area contributed by atoms with Crippen molar-refractivity contribution in [3.63, 3.8) is 0 Å². The second kappa shape index (κ2) is 17.7. The number of thiophene rings is 2. The molecule has 76 heavy (non-hydrogen) atoms. The van der Waals surface area contributed by atoms with E-state index in [2.05, 4.69) is 0 Å². The van der Waals surface area contributed by atoms with E-state index in [1.165, 1.54) is 22.7 Å². The minimum absolute atomic E-state index is 0.0162. The predicted molar refractivity (Wildman–Crippen MR) is 299 cm³/mol. The third-order valence-corrected chi connectivity index (χ3v) is 17.3. The van der Waals surface area contributed by atoms with Gasteiger partial charge in [0, 0.05) is 64.7 Å². The molecule has 10 aromatic rings. The maximum atomic E-state index is 14.5. The zero-order valence-corrected chi connectivity index (χ0v) is 41.8. The van der Waals surface area contributed by atoms with Crippen LogP contribution in [0.5, 0.6) is 0 Å². The summed E-state index contributed by atoms with van der Waals surface area (Å²) in [6, 6.07) is 53.6. The molecule has 4 aliphatic carbocycles. The van der Waals surface area contributed by atoms with Crippen LogP contribution >= 0.6 is 22.7 Å². The normalized spacial score (nSPS) is 16.3. The summed E-state index contributed by atoms with van der Waals surface area (Å²) in [5.41, 5.74) is 4.67. The Morgan fingerprint density at radius 1 is 0.382 bits per heavy atom. The summed E-state index contributed by atoms with van der Waals surface area (Å²) in [7, 11) is 0. The van der Waals surface area contributed by atoms with Crippen LogP contribution in [0, 0.1) is 0 Å². The molecule has 0 bridgehead atoms. The fourth-order valence-corrected chi connectivity index (χ4v) is 13.6. The number of fused-ring (bicyclic) bond motifs is 11. The van der Waals surface area contributed by atoms with Crippen molar-refractivity contribution in [3.8, 4) is 0 Å². The average molecular weight is 1020 g/mol. The molecule has 0 radical (unpaired) electrons. The SMILES string of the molecule is O=C(OCc1ccccc1)C1=CC2c3sc(C=C4C(=O)c5cc6cc7ccccc7cc6cc5C4=O)cc3C(C(=O)OCc3ccccc3)=CC2c2sc(C=C3C(=O)c4cc5cc6ccccc6cc5cc4C3=O)cc21. The highest BCUT2D eigenvalue weighted by molar-refractivity contribution is 7.14. The lowest BCUT2D eigenvalue weighted by atomic mass is 9.74. The zero-order chi connectivity index (χ0) is 51.3. The van der Waals surface area contributed by atoms with Crippen LogP contribution in [0.2, 0.25) is 0 Å². The molecule has 4 aliphatic rings. The van der Waals surface area contributed by atoms with Crippen LogP contribution in [0.4, 0.5) is 0 Å². The van der Waals surface area contributed by atoms with E-state index in [4.69, 9.17) is 9.47 Å². The van der Waals surface area contributed by atoms with Crippen molar-refractivity contribution >= 4 is 124 Å². The van der Waals surface area contributed by atoms with E-state index in [-0.39, 0.29) is 58.6 Å². The molecule has 0 saturated carbocycles. The van der Waals surface area contributed by atoms with Crippen molar-refractivity contribution in [1.29, 1.82) is 0 Å². The standard InChI is InChI=1S/C66H38O8S2/c67-59-47-23-41-19-37-15-7-8-16-38(37)20-42(41)24-48(47)60(68)57(59)29-45-27-51-55(65(71)73-33-35-11-3-1-4-12-35)31-53-54(63(51)75-45)32-56(66(72)74-34-36-13-5-2-6-14-36)52-28-46(76-64(52)53)30-58-61(69)49-25-43-21-39-17-9-10-18-40(39)22-44(43)26-50(49)62(58)70/h1-32,53-54H,33-34H2. The van der Waals surface area contributed by atoms with Gasteiger partial charge in [0.2, 0.25) is 0 Å². The van der Waals surface area contributed by atoms with Crippen LogP contribution in [0.1, 0.15) is 95.0 Å². The molecule has 0 spiro atoms. The minimum atomic E-state index is -0.572. The predicted octanol–water partition coefficient (Wildman–Crippen LogP) is 14.5. The smallest absolute Gasteiger partial charge is 0.338 e. The summed E-state index contributed by atoms with van der Waals surface area (Å²) in [6.07, 6.45) is 6.96. The second-order valence-corrected chi connectivity index (χ2v) is 21.7. The number of ether oxygens (including phenoxy) is 2. The van der Waals surface area contributed by atoms with Crippen molar-refractivity contribution in [1.82, 2.24) is 0 Å². The molecule has 0 saturated heterocycles. The molecular formula is C66H38O8S2. The first-order chi connectivity index (χ1) is 37.1. The van der Waals surface area contributed by atoms with Crippen LogP contribution < -0.4 is 0 Å². The molecule has 14 rings (SSSR count). The number of benzene rings is 8. The minimum Gasteiger partial charge on any atom is -0.457 e. The molecule has 0 N–H and O–H groups in total. The molecule has 362 valence electrons. The number of esters is 2. The van der Waals surface area contributed by atoms with Crippen molar-refractivity contribution in [3.05, 3.63) is 257 Å². The zero-order valence-electron chi connectivity index (χ0n) is 40.1. The van der Waals surface area contributed by atoms with Crippen molar-refractivity contribution in [2.75, 3.05) is 0 Å². The van der Waals surface area contributed by atoms with Gasteiger partial charge >= 0.3 is 11.9 Å². The van der Waals surface area contributed by atoms with Crippen molar-refractivity contribution in [2.24, 2.45) is 0 Å². The van der Waals surface area contributed by atoms with Gasteiger partial charge in [0.05, 0.1) is 22.3 Å². The number of carbonyl (C=O) groups is 6. The summed E-state index contributed by atoms with van der Waals surface area (Å²) in [4.78, 5) is 88.6. The van der Waals surface area contributed by atoms with Crippen LogP contribution in [-0.4, -0.2) is 35.1 Å². The Morgan fingerprint density at radius 2 is 0.697 bits per heavy atom. The first-order valence-corrected chi connectivity index (χ1v) is 26.4. The first-order valence-electron chi connectivity index (χ1n) is 24.8. The Hall–Kier alpha value is -9.22. The Labute approximate surface area is 442 Å². The van der Waals surface area contributed by atoms with Gasteiger partial charge in [0.1, 0.15) is 13.2 Å². The number of allylic oxidation sites excluding steroid dienone is 4. The van der Waals surface area contributed by atoms with Crippen LogP contribution in [0.25, 0.3) is 66.4 Å². The summed E-state index contributed by atoms with van der Waals surface area (Å²) < 4.78 is 12.0. The monoisotopic (exact) mass is 1020 g/mol. The topological polar surface area (TPSA) is 121 Å². The molecule has 0 fully saturated rings. The number of hydrogen-bond donors (Lipinski definition) is 0. The molecule has 0 amide bonds. The maximum absolute atomic E-state index is 14.5. The van der Waals surface area contributed by atoms with Gasteiger partial charge in [-0.25, -0.2) is 9.59 Å². The summed E-state index contributed by atoms with van der Waals surface area (Å²) >= 11 is 2.67. The lowest BCUT2D eigenvalue weighted by molar-refractivity contribution is -0.138. The molecule has 8 nitrogen and oxygen atoms in total. The van der Waals surface area contributed by atoms with Gasteiger partial charge in [0.25, 0.3) is 0 Å². The molecule has 2 aromatic heterocycles. The highest BCUT2D eigenvalue weighted by atomic mass is 32.1. The number of ketones is 4. The van der Waals surface area contributed by atoms with Crippen LogP contribution in [-0.2, 0) is 32.3 Å². The number of carbonyl (C=O) groups excluding carboxylic acids is 6. The quantitative estimate of drug-likeness (QED) is 0.0638. The third-order valence-electron chi connectivity index (χ3n) is 14.9. The highest BCUT2D eigenvalue weighted by Gasteiger charge is 2.42. The van der Waals surface area contributed by atoms with Gasteiger partial charge in [-0.3, -0.25) is 19.2 Å². The lowest BCUT2D eigenvalue weighted by Crippen LogP contribution is -2.22. The largest absolute Gasteiger partial charge is 0.457 e. The summed E-state index contributed by atoms with van der Waals surface area (Å²) in [5, 5.41) is 7.50. The van der Waals surface area contributed by atoms with E-state index < -0.39 is 23.8 Å². The van der Waals surface area contributed by atoms with Gasteiger partial charge in [-0.15, -0.1) is 22.7 Å². The molecular weight excluding hydrogens is 985 g/mol. The Balaban J connectivity index is 0.871. The Kier molecular flexibility index (Phi) is 10.6. The van der Waals surface area contributed by atoms with E-state index in [9.17, 15) is 28.8 Å². The molecule has 10 heteroatoms. The summed E-state index contributed by atoms with van der Waals surface area (Å²) in [6.45, 7) is 0.0325. The molecule has 2 heterocycles. The molecule has 8 aromatic carbocycles. The van der Waals surface area contributed by atoms with Gasteiger partial charge in [-0.05, 0) is 127 Å². The maximum Gasteiger partial charge on any atom is 0.338 e. The van der Waals surface area contributed by atoms with Crippen LogP contribution in [0.15, 0.2) is 193 Å². The number of hydrogen-bond acceptors (Lipinski definition) is 10. The molecule has 0 aliphatic heterocycles. The van der Waals surface area contributed by atoms with Crippen molar-refractivity contribution < 1.29 is 38.2 Å². The van der Waals surface area contributed by atoms with E-state index >= 15 is 0 Å². The van der Waals surface area contributed by atoms with E-state index in [0.717, 1.165) is 64.0 Å². The van der Waals surface area contributed by atoms with E-state index in [1.807, 2.05) is 158 Å². The van der Waals surface area contributed by atoms with Gasteiger partial charge in [-0.1, -0.05) is 121 Å². The highest BCUT2D eigenvalue weighted by Crippen LogP contribution is 2.55. The van der Waals surface area contributed by atoms with Crippen LogP contribution in [0.3, 0.4) is 0 Å². The Morgan fingerprint density at radius 3 is 1.03 bits per heavy atom. The summed E-state index contributed by atoms with van der Waals surface area (Å²) in [5.74, 6) is -3.70. The number of Topliss-reactive ketones (excluding diaryl/α,β-unsaturated/α-hetero) is 4. The van der Waals surface area contributed by atoms with Gasteiger partial charge < -0.3 is 9.47 Å². The van der Waals surface area contributed by atoms with E-state index in [0.29, 0.717) is 43.1 Å². The average Bonchev–Trinajstić information content (AvgIpc) is 4.20. The first kappa shape index (κ1) is 45.4. The Bertz CT molecular complexity index is 3980. The van der Waals surface area contributed by atoms with Crippen molar-refractivity contribution in [2.45, 2.75) is 25.0 Å². The molecule has 2 unspecified atom stereocenters.